The van der Waals surface area contributed by atoms with E-state index in [4.69, 9.17) is 4.74 Å². The van der Waals surface area contributed by atoms with Gasteiger partial charge in [0.2, 0.25) is 0 Å². The topological polar surface area (TPSA) is 97.6 Å². The van der Waals surface area contributed by atoms with Crippen molar-refractivity contribution >= 4 is 28.6 Å². The van der Waals surface area contributed by atoms with Crippen LogP contribution in [0.25, 0.3) is 0 Å². The molecule has 1 N–H and O–H groups in total. The number of fused-ring (bicyclic) bond motifs is 1. The molecule has 4 rings (SSSR count). The number of nitrogens with zero attached hydrogens (tertiary/aromatic N) is 3. The maximum atomic E-state index is 13.0. The first kappa shape index (κ1) is 17.9. The molecule has 1 aromatic carbocycles. The molecule has 0 bridgehead atoms. The molecule has 1 aliphatic heterocycles. The van der Waals surface area contributed by atoms with Gasteiger partial charge in [-0.2, -0.15) is 0 Å². The highest BCUT2D eigenvalue weighted by Gasteiger charge is 2.38. The van der Waals surface area contributed by atoms with Crippen molar-refractivity contribution in [2.45, 2.75) is 12.7 Å². The van der Waals surface area contributed by atoms with Gasteiger partial charge in [-0.05, 0) is 29.6 Å². The third-order valence-corrected chi connectivity index (χ3v) is 5.35. The molecule has 1 amide bonds. The first-order chi connectivity index (χ1) is 13.6. The zero-order valence-electron chi connectivity index (χ0n) is 14.9. The summed E-state index contributed by atoms with van der Waals surface area (Å²) < 4.78 is 5.34. The van der Waals surface area contributed by atoms with E-state index in [1.807, 2.05) is 17.5 Å². The van der Waals surface area contributed by atoms with E-state index in [1.54, 1.807) is 34.6 Å². The highest BCUT2D eigenvalue weighted by atomic mass is 32.1. The first-order valence-electron chi connectivity index (χ1n) is 8.45. The van der Waals surface area contributed by atoms with Gasteiger partial charge in [-0.1, -0.05) is 6.07 Å². The number of nitro groups is 1. The van der Waals surface area contributed by atoms with Gasteiger partial charge in [0.15, 0.2) is 0 Å². The second-order valence-corrected chi connectivity index (χ2v) is 7.17. The predicted octanol–water partition coefficient (Wildman–Crippen LogP) is 3.83. The van der Waals surface area contributed by atoms with Crippen LogP contribution in [-0.2, 0) is 6.54 Å². The van der Waals surface area contributed by atoms with Crippen molar-refractivity contribution in [1.29, 1.82) is 0 Å². The lowest BCUT2D eigenvalue weighted by molar-refractivity contribution is -0.384. The van der Waals surface area contributed by atoms with E-state index in [2.05, 4.69) is 10.3 Å². The number of pyridine rings is 1. The van der Waals surface area contributed by atoms with Crippen LogP contribution in [0.3, 0.4) is 0 Å². The summed E-state index contributed by atoms with van der Waals surface area (Å²) in [7, 11) is 1.49. The fraction of sp³-hybridized carbons (Fsp3) is 0.158. The number of benzene rings is 1. The van der Waals surface area contributed by atoms with Gasteiger partial charge >= 0.3 is 0 Å². The predicted molar refractivity (Wildman–Crippen MR) is 104 cm³/mol. The zero-order valence-corrected chi connectivity index (χ0v) is 15.7. The van der Waals surface area contributed by atoms with Crippen LogP contribution in [0, 0.1) is 10.1 Å². The Balaban J connectivity index is 1.74. The lowest BCUT2D eigenvalue weighted by Crippen LogP contribution is -2.31. The Morgan fingerprint density at radius 2 is 2.18 bits per heavy atom. The number of thiophene rings is 1. The molecule has 0 saturated heterocycles. The van der Waals surface area contributed by atoms with Gasteiger partial charge in [-0.25, -0.2) is 0 Å². The van der Waals surface area contributed by atoms with E-state index < -0.39 is 11.1 Å². The zero-order chi connectivity index (χ0) is 19.7. The summed E-state index contributed by atoms with van der Waals surface area (Å²) >= 11 is 1.56. The Morgan fingerprint density at radius 3 is 2.89 bits per heavy atom. The average Bonchev–Trinajstić information content (AvgIpc) is 3.31. The summed E-state index contributed by atoms with van der Waals surface area (Å²) in [6, 6.07) is 11.6. The van der Waals surface area contributed by atoms with Crippen LogP contribution in [0.4, 0.5) is 11.4 Å². The summed E-state index contributed by atoms with van der Waals surface area (Å²) in [6.07, 6.45) is 1.06. The normalized spacial score (nSPS) is 15.4. The molecule has 3 aromatic rings. The molecule has 1 aliphatic rings. The van der Waals surface area contributed by atoms with E-state index in [1.165, 1.54) is 25.3 Å². The van der Waals surface area contributed by atoms with Crippen molar-refractivity contribution in [3.63, 3.8) is 0 Å². The van der Waals surface area contributed by atoms with Gasteiger partial charge in [0.05, 0.1) is 35.5 Å². The third kappa shape index (κ3) is 3.16. The number of nitro benzene ring substituents is 1. The molecule has 28 heavy (non-hydrogen) atoms. The molecule has 0 spiro atoms. The van der Waals surface area contributed by atoms with Gasteiger partial charge in [0.25, 0.3) is 11.6 Å². The second kappa shape index (κ2) is 7.28. The SMILES string of the molecule is COc1ccc([N+](=O)[O-])cc1NC1c2ncccc2C(=O)N1Cc1cccs1. The van der Waals surface area contributed by atoms with Crippen LogP contribution < -0.4 is 10.1 Å². The lowest BCUT2D eigenvalue weighted by Gasteiger charge is -2.26. The van der Waals surface area contributed by atoms with Gasteiger partial charge < -0.3 is 15.0 Å². The number of amides is 1. The van der Waals surface area contributed by atoms with Gasteiger partial charge in [-0.15, -0.1) is 11.3 Å². The van der Waals surface area contributed by atoms with Crippen molar-refractivity contribution in [2.75, 3.05) is 12.4 Å². The molecule has 9 heteroatoms. The Kier molecular flexibility index (Phi) is 4.66. The fourth-order valence-electron chi connectivity index (χ4n) is 3.19. The van der Waals surface area contributed by atoms with E-state index in [-0.39, 0.29) is 11.6 Å². The summed E-state index contributed by atoms with van der Waals surface area (Å²) in [4.78, 5) is 30.7. The van der Waals surface area contributed by atoms with Gasteiger partial charge in [0.1, 0.15) is 11.9 Å². The van der Waals surface area contributed by atoms with Crippen molar-refractivity contribution in [1.82, 2.24) is 9.88 Å². The number of carbonyl (C=O) groups excluding carboxylic acids is 1. The third-order valence-electron chi connectivity index (χ3n) is 4.49. The average molecular weight is 396 g/mol. The van der Waals surface area contributed by atoms with Gasteiger partial charge in [0, 0.05) is 23.2 Å². The van der Waals surface area contributed by atoms with Crippen LogP contribution in [0.1, 0.15) is 27.1 Å². The number of methoxy groups -OCH3 is 1. The van der Waals surface area contributed by atoms with Crippen LogP contribution in [0.15, 0.2) is 54.0 Å². The standard InChI is InChI=1S/C19H16N4O4S/c1-27-16-7-6-12(23(25)26)10-15(16)21-18-17-14(5-2-8-20-17)19(24)22(18)11-13-4-3-9-28-13/h2-10,18,21H,11H2,1H3. The number of ether oxygens (including phenoxy) is 1. The van der Waals surface area contributed by atoms with Crippen LogP contribution in [0.5, 0.6) is 5.75 Å². The lowest BCUT2D eigenvalue weighted by atomic mass is 10.2. The van der Waals surface area contributed by atoms with E-state index in [0.29, 0.717) is 29.2 Å². The number of aromatic nitrogens is 1. The highest BCUT2D eigenvalue weighted by molar-refractivity contribution is 7.09. The van der Waals surface area contributed by atoms with Crippen molar-refractivity contribution < 1.29 is 14.5 Å². The monoisotopic (exact) mass is 396 g/mol. The number of non-ortho nitro benzene ring substituents is 1. The number of hydrogen-bond donors (Lipinski definition) is 1. The van der Waals surface area contributed by atoms with Crippen LogP contribution >= 0.6 is 11.3 Å². The highest BCUT2D eigenvalue weighted by Crippen LogP contribution is 2.38. The molecule has 1 atom stereocenters. The number of anilines is 1. The fourth-order valence-corrected chi connectivity index (χ4v) is 3.89. The largest absolute Gasteiger partial charge is 0.495 e. The number of hydrogen-bond acceptors (Lipinski definition) is 7. The summed E-state index contributed by atoms with van der Waals surface area (Å²) in [5.74, 6) is 0.303. The molecule has 2 aromatic heterocycles. The minimum Gasteiger partial charge on any atom is -0.495 e. The molecule has 1 unspecified atom stereocenters. The molecular weight excluding hydrogens is 380 g/mol. The molecule has 0 fully saturated rings. The van der Waals surface area contributed by atoms with Crippen molar-refractivity contribution in [3.8, 4) is 5.75 Å². The van der Waals surface area contributed by atoms with E-state index in [0.717, 1.165) is 4.88 Å². The van der Waals surface area contributed by atoms with Crippen LogP contribution in [0.2, 0.25) is 0 Å². The van der Waals surface area contributed by atoms with Crippen LogP contribution in [-0.4, -0.2) is 27.8 Å². The molecule has 0 saturated carbocycles. The van der Waals surface area contributed by atoms with E-state index >= 15 is 0 Å². The number of carbonyl (C=O) groups is 1. The Hall–Kier alpha value is -3.46. The number of nitrogens with one attached hydrogen (secondary N) is 1. The van der Waals surface area contributed by atoms with Gasteiger partial charge in [-0.3, -0.25) is 19.9 Å². The molecule has 0 radical (unpaired) electrons. The maximum Gasteiger partial charge on any atom is 0.271 e. The summed E-state index contributed by atoms with van der Waals surface area (Å²) in [6.45, 7) is 0.405. The van der Waals surface area contributed by atoms with Crippen molar-refractivity contribution in [3.05, 3.63) is 80.3 Å². The molecular formula is C19H16N4O4S. The molecule has 8 nitrogen and oxygen atoms in total. The van der Waals surface area contributed by atoms with Crippen molar-refractivity contribution in [2.24, 2.45) is 0 Å². The Morgan fingerprint density at radius 1 is 1.32 bits per heavy atom. The quantitative estimate of drug-likeness (QED) is 0.502. The maximum absolute atomic E-state index is 13.0. The molecule has 142 valence electrons. The minimum atomic E-state index is -0.568. The minimum absolute atomic E-state index is 0.0707. The Labute approximate surface area is 164 Å². The Bertz CT molecular complexity index is 1040. The summed E-state index contributed by atoms with van der Waals surface area (Å²) in [5.41, 5.74) is 1.45. The summed E-state index contributed by atoms with van der Waals surface area (Å²) in [5, 5.41) is 16.4. The second-order valence-electron chi connectivity index (χ2n) is 6.14. The molecule has 3 heterocycles. The smallest absolute Gasteiger partial charge is 0.271 e. The number of rotatable bonds is 6. The first-order valence-corrected chi connectivity index (χ1v) is 9.33. The molecule has 0 aliphatic carbocycles. The van der Waals surface area contributed by atoms with E-state index in [9.17, 15) is 14.9 Å².